The van der Waals surface area contributed by atoms with Crippen molar-refractivity contribution in [2.45, 2.75) is 59.6 Å². The first-order valence-corrected chi connectivity index (χ1v) is 16.6. The van der Waals surface area contributed by atoms with E-state index < -0.39 is 0 Å². The van der Waals surface area contributed by atoms with Gasteiger partial charge in [0.05, 0.1) is 31.6 Å². The number of amides is 4. The van der Waals surface area contributed by atoms with Gasteiger partial charge in [-0.3, -0.25) is 28.7 Å². The molecule has 0 aliphatic heterocycles. The van der Waals surface area contributed by atoms with Gasteiger partial charge < -0.3 is 35.9 Å². The Morgan fingerprint density at radius 3 is 2.34 bits per heavy atom. The molecule has 3 aromatic rings. The Hall–Kier alpha value is -5.31. The first-order chi connectivity index (χ1) is 24.0. The largest absolute Gasteiger partial charge is 0.493 e. The lowest BCUT2D eigenvalue weighted by molar-refractivity contribution is -0.121. The number of Topliss-reactive ketones (excluding diaryl/α,β-unsaturated/α-hetero) is 1. The van der Waals surface area contributed by atoms with E-state index in [2.05, 4.69) is 26.3 Å². The number of carbonyl (C=O) groups is 5. The van der Waals surface area contributed by atoms with Crippen molar-refractivity contribution in [2.75, 3.05) is 39.5 Å². The number of carbonyl (C=O) groups excluding carboxylic acids is 5. The molecule has 0 saturated carbocycles. The number of ketones is 1. The molecule has 0 bridgehead atoms. The van der Waals surface area contributed by atoms with Crippen LogP contribution in [0.15, 0.2) is 48.7 Å². The van der Waals surface area contributed by atoms with Crippen LogP contribution in [0.2, 0.25) is 0 Å². The highest BCUT2D eigenvalue weighted by molar-refractivity contribution is 6.01. The molecular formula is C35H47N7O8. The van der Waals surface area contributed by atoms with E-state index in [0.717, 1.165) is 6.42 Å². The molecule has 0 unspecified atom stereocenters. The van der Waals surface area contributed by atoms with Gasteiger partial charge in [-0.1, -0.05) is 24.6 Å². The summed E-state index contributed by atoms with van der Waals surface area (Å²) in [5.41, 5.74) is 7.02. The summed E-state index contributed by atoms with van der Waals surface area (Å²) in [6, 6.07) is 11.6. The number of nitrogens with two attached hydrogens (primary N) is 1. The van der Waals surface area contributed by atoms with E-state index in [0.29, 0.717) is 87.0 Å². The van der Waals surface area contributed by atoms with E-state index in [1.165, 1.54) is 19.9 Å². The Bertz CT molecular complexity index is 1590. The Balaban J connectivity index is 1.41. The predicted octanol–water partition coefficient (Wildman–Crippen LogP) is 2.43. The number of nitrogens with one attached hydrogen (secondary N) is 3. The Morgan fingerprint density at radius 2 is 1.60 bits per heavy atom. The quantitative estimate of drug-likeness (QED) is 0.0843. The zero-order chi connectivity index (χ0) is 36.3. The number of aromatic nitrogens is 3. The molecule has 1 aromatic heterocycles. The highest BCUT2D eigenvalue weighted by Crippen LogP contribution is 2.21. The van der Waals surface area contributed by atoms with Crippen LogP contribution in [0.5, 0.6) is 11.5 Å². The highest BCUT2D eigenvalue weighted by atomic mass is 16.5. The van der Waals surface area contributed by atoms with E-state index in [1.807, 2.05) is 0 Å². The van der Waals surface area contributed by atoms with Crippen molar-refractivity contribution in [3.63, 3.8) is 0 Å². The molecule has 4 amide bonds. The predicted molar refractivity (Wildman–Crippen MR) is 184 cm³/mol. The summed E-state index contributed by atoms with van der Waals surface area (Å²) < 4.78 is 18.8. The fourth-order valence-electron chi connectivity index (χ4n) is 4.61. The van der Waals surface area contributed by atoms with Crippen LogP contribution >= 0.6 is 0 Å². The summed E-state index contributed by atoms with van der Waals surface area (Å²) in [5.74, 6) is -0.584. The van der Waals surface area contributed by atoms with E-state index in [9.17, 15) is 24.0 Å². The van der Waals surface area contributed by atoms with Gasteiger partial charge in [-0.2, -0.15) is 0 Å². The number of unbranched alkanes of at least 4 members (excludes halogenated alkanes) is 1. The van der Waals surface area contributed by atoms with Gasteiger partial charge in [0.15, 0.2) is 5.78 Å². The SMILES string of the molecule is CC(=O)NCCOCCNC(=O)c1cccc(OCc2cn(CCCOc3ccc(C(C)=O)cc3C(=O)NCCCC[C@H](C)C(N)=O)nn2)c1. The van der Waals surface area contributed by atoms with Gasteiger partial charge in [0.2, 0.25) is 11.8 Å². The van der Waals surface area contributed by atoms with Crippen LogP contribution in [0, 0.1) is 5.92 Å². The van der Waals surface area contributed by atoms with Crippen LogP contribution in [0.4, 0.5) is 0 Å². The third kappa shape index (κ3) is 14.0. The van der Waals surface area contributed by atoms with Gasteiger partial charge in [0.1, 0.15) is 23.8 Å². The number of benzene rings is 2. The molecule has 50 heavy (non-hydrogen) atoms. The Morgan fingerprint density at radius 1 is 0.840 bits per heavy atom. The average Bonchev–Trinajstić information content (AvgIpc) is 3.55. The Kier molecular flexibility index (Phi) is 16.4. The van der Waals surface area contributed by atoms with E-state index in [-0.39, 0.29) is 54.1 Å². The van der Waals surface area contributed by atoms with Crippen LogP contribution in [0.25, 0.3) is 0 Å². The molecule has 5 N–H and O–H groups in total. The van der Waals surface area contributed by atoms with Gasteiger partial charge in [-0.05, 0) is 56.2 Å². The van der Waals surface area contributed by atoms with Crippen molar-refractivity contribution < 1.29 is 38.2 Å². The van der Waals surface area contributed by atoms with Gasteiger partial charge in [-0.25, -0.2) is 0 Å². The molecule has 270 valence electrons. The van der Waals surface area contributed by atoms with Crippen molar-refractivity contribution in [1.82, 2.24) is 30.9 Å². The minimum absolute atomic E-state index is 0.122. The van der Waals surface area contributed by atoms with E-state index >= 15 is 0 Å². The second-order valence-corrected chi connectivity index (χ2v) is 11.7. The monoisotopic (exact) mass is 693 g/mol. The second kappa shape index (κ2) is 20.9. The minimum atomic E-state index is -0.348. The number of primary amides is 1. The number of ether oxygens (including phenoxy) is 3. The standard InChI is InChI=1S/C35H47N7O8/c1-24(33(36)45)8-4-5-13-38-35(47)31-21-27(25(2)43)11-12-32(31)49-17-7-16-42-22-29(40-41-42)23-50-30-10-6-9-28(20-30)34(46)39-15-19-48-18-14-37-26(3)44/h6,9-12,20-22,24H,4-5,7-8,13-19,23H2,1-3H3,(H2,36,45)(H,37,44)(H,38,47)(H,39,46)/t24-/m0/s1. The van der Waals surface area contributed by atoms with Gasteiger partial charge >= 0.3 is 0 Å². The van der Waals surface area contributed by atoms with Gasteiger partial charge in [0.25, 0.3) is 11.8 Å². The number of hydrogen-bond acceptors (Lipinski definition) is 10. The lowest BCUT2D eigenvalue weighted by Crippen LogP contribution is -2.29. The fourth-order valence-corrected chi connectivity index (χ4v) is 4.61. The Labute approximate surface area is 291 Å². The van der Waals surface area contributed by atoms with Crippen LogP contribution in [0.1, 0.15) is 83.2 Å². The molecule has 0 radical (unpaired) electrons. The third-order valence-electron chi connectivity index (χ3n) is 7.48. The van der Waals surface area contributed by atoms with Gasteiger partial charge in [-0.15, -0.1) is 5.10 Å². The van der Waals surface area contributed by atoms with Crippen LogP contribution in [-0.4, -0.2) is 83.9 Å². The molecular weight excluding hydrogens is 646 g/mol. The lowest BCUT2D eigenvalue weighted by atomic mass is 10.0. The topological polar surface area (TPSA) is 206 Å². The minimum Gasteiger partial charge on any atom is -0.493 e. The molecule has 0 fully saturated rings. The van der Waals surface area contributed by atoms with E-state index in [4.69, 9.17) is 19.9 Å². The van der Waals surface area contributed by atoms with Crippen molar-refractivity contribution in [3.05, 3.63) is 71.0 Å². The summed E-state index contributed by atoms with van der Waals surface area (Å²) in [6.45, 7) is 7.40. The van der Waals surface area contributed by atoms with E-state index in [1.54, 1.807) is 54.2 Å². The van der Waals surface area contributed by atoms with Crippen LogP contribution in [0.3, 0.4) is 0 Å². The number of nitrogens with zero attached hydrogens (tertiary/aromatic N) is 3. The summed E-state index contributed by atoms with van der Waals surface area (Å²) in [7, 11) is 0. The molecule has 1 heterocycles. The number of aryl methyl sites for hydroxylation is 1. The summed E-state index contributed by atoms with van der Waals surface area (Å²) >= 11 is 0. The molecule has 2 aromatic carbocycles. The summed E-state index contributed by atoms with van der Waals surface area (Å²) in [6.07, 6.45) is 4.39. The summed E-state index contributed by atoms with van der Waals surface area (Å²) in [4.78, 5) is 59.5. The maximum absolute atomic E-state index is 13.0. The van der Waals surface area contributed by atoms with Gasteiger partial charge in [0, 0.05) is 56.6 Å². The molecule has 3 rings (SSSR count). The molecule has 0 spiro atoms. The average molecular weight is 694 g/mol. The molecule has 15 nitrogen and oxygen atoms in total. The van der Waals surface area contributed by atoms with Crippen LogP contribution < -0.4 is 31.2 Å². The normalized spacial score (nSPS) is 11.3. The smallest absolute Gasteiger partial charge is 0.255 e. The molecule has 0 aliphatic rings. The zero-order valence-corrected chi connectivity index (χ0v) is 28.9. The number of hydrogen-bond donors (Lipinski definition) is 4. The van der Waals surface area contributed by atoms with Crippen molar-refractivity contribution in [2.24, 2.45) is 11.7 Å². The first kappa shape index (κ1) is 39.1. The maximum atomic E-state index is 13.0. The molecule has 15 heteroatoms. The maximum Gasteiger partial charge on any atom is 0.255 e. The lowest BCUT2D eigenvalue weighted by Gasteiger charge is -2.13. The highest BCUT2D eigenvalue weighted by Gasteiger charge is 2.16. The zero-order valence-electron chi connectivity index (χ0n) is 28.9. The molecule has 0 aliphatic carbocycles. The number of rotatable bonds is 23. The third-order valence-corrected chi connectivity index (χ3v) is 7.48. The van der Waals surface area contributed by atoms with Crippen molar-refractivity contribution >= 4 is 29.4 Å². The molecule has 1 atom stereocenters. The summed E-state index contributed by atoms with van der Waals surface area (Å²) in [5, 5.41) is 16.6. The first-order valence-electron chi connectivity index (χ1n) is 16.6. The van der Waals surface area contributed by atoms with Crippen LogP contribution in [-0.2, 0) is 27.5 Å². The van der Waals surface area contributed by atoms with Crippen molar-refractivity contribution in [1.29, 1.82) is 0 Å². The second-order valence-electron chi connectivity index (χ2n) is 11.7. The van der Waals surface area contributed by atoms with Crippen molar-refractivity contribution in [3.8, 4) is 11.5 Å². The fraction of sp³-hybridized carbons (Fsp3) is 0.457. The molecule has 0 saturated heterocycles.